The molecule has 1 heterocycles. The summed E-state index contributed by atoms with van der Waals surface area (Å²) in [5.74, 6) is -0.345. The molecule has 108 valence electrons. The number of ether oxygens (including phenoxy) is 1. The summed E-state index contributed by atoms with van der Waals surface area (Å²) in [7, 11) is 0. The Morgan fingerprint density at radius 3 is 2.47 bits per heavy atom. The van der Waals surface area contributed by atoms with E-state index in [1.54, 1.807) is 4.90 Å². The van der Waals surface area contributed by atoms with Crippen LogP contribution >= 0.6 is 0 Å². The monoisotopic (exact) mass is 269 g/mol. The zero-order valence-electron chi connectivity index (χ0n) is 11.9. The number of hydrogen-bond acceptors (Lipinski definition) is 3. The largest absolute Gasteiger partial charge is 0.481 e. The standard InChI is InChI=1S/C14H23NO4/c1-14(2,3)19-13(18)15-7-6-10-9(8-15)4-5-11(10)12(16)17/h9-11H,4-8H2,1-3H3,(H,16,17). The quantitative estimate of drug-likeness (QED) is 0.793. The van der Waals surface area contributed by atoms with Crippen molar-refractivity contribution in [1.29, 1.82) is 0 Å². The lowest BCUT2D eigenvalue weighted by Gasteiger charge is -2.37. The van der Waals surface area contributed by atoms with E-state index in [0.717, 1.165) is 19.3 Å². The van der Waals surface area contributed by atoms with E-state index in [-0.39, 0.29) is 17.9 Å². The molecule has 0 aromatic carbocycles. The number of amides is 1. The number of carboxylic acid groups (broad SMARTS) is 1. The third-order valence-corrected chi connectivity index (χ3v) is 4.13. The van der Waals surface area contributed by atoms with Crippen LogP contribution in [-0.4, -0.2) is 40.8 Å². The normalized spacial score (nSPS) is 30.9. The fraction of sp³-hybridized carbons (Fsp3) is 0.857. The van der Waals surface area contributed by atoms with E-state index in [4.69, 9.17) is 4.74 Å². The lowest BCUT2D eigenvalue weighted by molar-refractivity contribution is -0.143. The maximum absolute atomic E-state index is 12.0. The van der Waals surface area contributed by atoms with Crippen molar-refractivity contribution in [2.75, 3.05) is 13.1 Å². The molecular formula is C14H23NO4. The van der Waals surface area contributed by atoms with Crippen LogP contribution in [0, 0.1) is 17.8 Å². The van der Waals surface area contributed by atoms with Crippen molar-refractivity contribution in [3.8, 4) is 0 Å². The summed E-state index contributed by atoms with van der Waals surface area (Å²) in [6.07, 6.45) is 2.15. The van der Waals surface area contributed by atoms with Crippen molar-refractivity contribution in [3.63, 3.8) is 0 Å². The summed E-state index contributed by atoms with van der Waals surface area (Å²) in [6, 6.07) is 0. The highest BCUT2D eigenvalue weighted by molar-refractivity contribution is 5.71. The molecule has 1 aliphatic heterocycles. The first kappa shape index (κ1) is 14.2. The lowest BCUT2D eigenvalue weighted by atomic mass is 9.83. The molecule has 2 fully saturated rings. The van der Waals surface area contributed by atoms with E-state index in [1.165, 1.54) is 0 Å². The minimum Gasteiger partial charge on any atom is -0.481 e. The topological polar surface area (TPSA) is 66.8 Å². The molecular weight excluding hydrogens is 246 g/mol. The molecule has 2 rings (SSSR count). The van der Waals surface area contributed by atoms with Gasteiger partial charge in [0.05, 0.1) is 5.92 Å². The first-order chi connectivity index (χ1) is 8.78. The average Bonchev–Trinajstić information content (AvgIpc) is 2.68. The van der Waals surface area contributed by atoms with Crippen molar-refractivity contribution in [3.05, 3.63) is 0 Å². The molecule has 1 saturated heterocycles. The van der Waals surface area contributed by atoms with Gasteiger partial charge in [0.2, 0.25) is 0 Å². The fourth-order valence-electron chi connectivity index (χ4n) is 3.29. The number of hydrogen-bond donors (Lipinski definition) is 1. The van der Waals surface area contributed by atoms with Crippen molar-refractivity contribution < 1.29 is 19.4 Å². The molecule has 1 aliphatic carbocycles. The van der Waals surface area contributed by atoms with Gasteiger partial charge in [0.15, 0.2) is 0 Å². The van der Waals surface area contributed by atoms with Crippen LogP contribution in [0.1, 0.15) is 40.0 Å². The number of carboxylic acids is 1. The van der Waals surface area contributed by atoms with Crippen molar-refractivity contribution in [1.82, 2.24) is 4.90 Å². The maximum atomic E-state index is 12.0. The maximum Gasteiger partial charge on any atom is 0.410 e. The molecule has 1 N–H and O–H groups in total. The second kappa shape index (κ2) is 5.02. The zero-order valence-corrected chi connectivity index (χ0v) is 11.9. The first-order valence-corrected chi connectivity index (χ1v) is 6.98. The Balaban J connectivity index is 1.94. The smallest absolute Gasteiger partial charge is 0.410 e. The van der Waals surface area contributed by atoms with Gasteiger partial charge in [-0.3, -0.25) is 4.79 Å². The molecule has 0 aromatic rings. The zero-order chi connectivity index (χ0) is 14.2. The van der Waals surface area contributed by atoms with Gasteiger partial charge in [-0.2, -0.15) is 0 Å². The van der Waals surface area contributed by atoms with Gasteiger partial charge in [0.25, 0.3) is 0 Å². The average molecular weight is 269 g/mol. The number of aliphatic carboxylic acids is 1. The number of likely N-dealkylation sites (tertiary alicyclic amines) is 1. The van der Waals surface area contributed by atoms with Crippen LogP contribution in [0.4, 0.5) is 4.79 Å². The molecule has 0 spiro atoms. The summed E-state index contributed by atoms with van der Waals surface area (Å²) in [5.41, 5.74) is -0.479. The van der Waals surface area contributed by atoms with Crippen molar-refractivity contribution in [2.24, 2.45) is 17.8 Å². The number of fused-ring (bicyclic) bond motifs is 1. The van der Waals surface area contributed by atoms with E-state index in [0.29, 0.717) is 19.0 Å². The van der Waals surface area contributed by atoms with Gasteiger partial charge in [0.1, 0.15) is 5.60 Å². The van der Waals surface area contributed by atoms with E-state index in [2.05, 4.69) is 0 Å². The molecule has 2 aliphatic rings. The Hall–Kier alpha value is -1.26. The molecule has 0 bridgehead atoms. The van der Waals surface area contributed by atoms with E-state index < -0.39 is 11.6 Å². The highest BCUT2D eigenvalue weighted by atomic mass is 16.6. The minimum absolute atomic E-state index is 0.217. The Labute approximate surface area is 113 Å². The molecule has 19 heavy (non-hydrogen) atoms. The van der Waals surface area contributed by atoms with Crippen LogP contribution in [0.2, 0.25) is 0 Å². The van der Waals surface area contributed by atoms with Gasteiger partial charge in [-0.15, -0.1) is 0 Å². The Morgan fingerprint density at radius 2 is 1.89 bits per heavy atom. The van der Waals surface area contributed by atoms with Crippen LogP contribution in [0.3, 0.4) is 0 Å². The third-order valence-electron chi connectivity index (χ3n) is 4.13. The van der Waals surface area contributed by atoms with Gasteiger partial charge >= 0.3 is 12.1 Å². The van der Waals surface area contributed by atoms with E-state index in [1.807, 2.05) is 20.8 Å². The summed E-state index contributed by atoms with van der Waals surface area (Å²) >= 11 is 0. The fourth-order valence-corrected chi connectivity index (χ4v) is 3.29. The van der Waals surface area contributed by atoms with E-state index in [9.17, 15) is 14.7 Å². The minimum atomic E-state index is -0.682. The number of piperidine rings is 1. The van der Waals surface area contributed by atoms with Crippen LogP contribution in [0.5, 0.6) is 0 Å². The van der Waals surface area contributed by atoms with Crippen LogP contribution in [0.25, 0.3) is 0 Å². The summed E-state index contributed by atoms with van der Waals surface area (Å²) in [6.45, 7) is 6.82. The van der Waals surface area contributed by atoms with Crippen LogP contribution in [-0.2, 0) is 9.53 Å². The van der Waals surface area contributed by atoms with Gasteiger partial charge in [-0.05, 0) is 51.9 Å². The third kappa shape index (κ3) is 3.19. The highest BCUT2D eigenvalue weighted by Gasteiger charge is 2.44. The molecule has 1 saturated carbocycles. The summed E-state index contributed by atoms with van der Waals surface area (Å²) < 4.78 is 5.37. The molecule has 3 unspecified atom stereocenters. The van der Waals surface area contributed by atoms with E-state index >= 15 is 0 Å². The Morgan fingerprint density at radius 1 is 1.21 bits per heavy atom. The number of carbonyl (C=O) groups is 2. The predicted molar refractivity (Wildman–Crippen MR) is 69.8 cm³/mol. The Bertz CT molecular complexity index is 374. The van der Waals surface area contributed by atoms with Crippen molar-refractivity contribution in [2.45, 2.75) is 45.6 Å². The SMILES string of the molecule is CC(C)(C)OC(=O)N1CCC2C(CCC2C(=O)O)C1. The Kier molecular flexibility index (Phi) is 3.74. The highest BCUT2D eigenvalue weighted by Crippen LogP contribution is 2.42. The molecule has 1 amide bonds. The van der Waals surface area contributed by atoms with Gasteiger partial charge in [-0.25, -0.2) is 4.79 Å². The molecule has 0 radical (unpaired) electrons. The summed E-state index contributed by atoms with van der Waals surface area (Å²) in [4.78, 5) is 24.9. The van der Waals surface area contributed by atoms with Gasteiger partial charge in [0, 0.05) is 13.1 Å². The number of nitrogens with zero attached hydrogens (tertiary/aromatic N) is 1. The molecule has 5 nitrogen and oxygen atoms in total. The predicted octanol–water partition coefficient (Wildman–Crippen LogP) is 2.35. The lowest BCUT2D eigenvalue weighted by Crippen LogP contribution is -2.45. The van der Waals surface area contributed by atoms with Gasteiger partial charge < -0.3 is 14.7 Å². The molecule has 5 heteroatoms. The van der Waals surface area contributed by atoms with Crippen LogP contribution in [0.15, 0.2) is 0 Å². The second-order valence-corrected chi connectivity index (χ2v) is 6.66. The number of carbonyl (C=O) groups excluding carboxylic acids is 1. The summed E-state index contributed by atoms with van der Waals surface area (Å²) in [5, 5.41) is 9.17. The van der Waals surface area contributed by atoms with Gasteiger partial charge in [-0.1, -0.05) is 0 Å². The second-order valence-electron chi connectivity index (χ2n) is 6.66. The van der Waals surface area contributed by atoms with Crippen molar-refractivity contribution >= 4 is 12.1 Å². The van der Waals surface area contributed by atoms with Crippen LogP contribution < -0.4 is 0 Å². The number of rotatable bonds is 1. The molecule has 0 aromatic heterocycles. The first-order valence-electron chi connectivity index (χ1n) is 6.98. The molecule has 3 atom stereocenters.